The van der Waals surface area contributed by atoms with Gasteiger partial charge < -0.3 is 19.7 Å². The Bertz CT molecular complexity index is 319. The summed E-state index contributed by atoms with van der Waals surface area (Å²) in [6.45, 7) is 8.20. The maximum Gasteiger partial charge on any atom is 0.251 e. The van der Waals surface area contributed by atoms with Gasteiger partial charge in [-0.25, -0.2) is 0 Å². The Morgan fingerprint density at radius 3 is 2.68 bits per heavy atom. The van der Waals surface area contributed by atoms with E-state index >= 15 is 0 Å². The average molecular weight is 335 g/mol. The summed E-state index contributed by atoms with van der Waals surface area (Å²) in [6, 6.07) is 0.368. The van der Waals surface area contributed by atoms with Crippen molar-refractivity contribution < 1.29 is 14.3 Å². The smallest absolute Gasteiger partial charge is 0.251 e. The molecule has 0 aromatic carbocycles. The van der Waals surface area contributed by atoms with Crippen LogP contribution in [0.3, 0.4) is 0 Å². The first-order valence-corrected chi connectivity index (χ1v) is 8.46. The Labute approximate surface area is 140 Å². The Hall–Kier alpha value is -0.360. The maximum absolute atomic E-state index is 12.7. The summed E-state index contributed by atoms with van der Waals surface area (Å²) >= 11 is 0. The fraction of sp³-hybridized carbons (Fsp3) is 0.938. The van der Waals surface area contributed by atoms with Gasteiger partial charge in [0.25, 0.3) is 5.91 Å². The second kappa shape index (κ2) is 10.4. The van der Waals surface area contributed by atoms with Crippen LogP contribution in [-0.4, -0.2) is 61.9 Å². The number of halogens is 1. The van der Waals surface area contributed by atoms with Crippen LogP contribution in [0.15, 0.2) is 0 Å². The molecule has 2 fully saturated rings. The minimum absolute atomic E-state index is 0. The van der Waals surface area contributed by atoms with E-state index in [9.17, 15) is 4.79 Å². The highest BCUT2D eigenvalue weighted by Gasteiger charge is 2.29. The average Bonchev–Trinajstić information content (AvgIpc) is 3.04. The summed E-state index contributed by atoms with van der Waals surface area (Å²) in [5.74, 6) is 0.141. The van der Waals surface area contributed by atoms with Gasteiger partial charge in [0.1, 0.15) is 6.10 Å². The summed E-state index contributed by atoms with van der Waals surface area (Å²) in [6.07, 6.45) is 5.05. The minimum atomic E-state index is -0.365. The van der Waals surface area contributed by atoms with Crippen molar-refractivity contribution in [3.8, 4) is 0 Å². The molecular formula is C16H31ClN2O3. The van der Waals surface area contributed by atoms with E-state index in [1.807, 2.05) is 11.8 Å². The van der Waals surface area contributed by atoms with Gasteiger partial charge in [0.05, 0.1) is 12.7 Å². The number of carbonyl (C=O) groups is 1. The number of carbonyl (C=O) groups excluding carboxylic acids is 1. The summed E-state index contributed by atoms with van der Waals surface area (Å²) in [5, 5.41) is 3.36. The number of piperidine rings is 1. The van der Waals surface area contributed by atoms with E-state index in [-0.39, 0.29) is 30.5 Å². The van der Waals surface area contributed by atoms with E-state index in [0.29, 0.717) is 12.6 Å². The number of rotatable bonds is 7. The van der Waals surface area contributed by atoms with Gasteiger partial charge in [0, 0.05) is 19.2 Å². The van der Waals surface area contributed by atoms with Crippen LogP contribution in [0.5, 0.6) is 0 Å². The first kappa shape index (κ1) is 19.7. The van der Waals surface area contributed by atoms with Gasteiger partial charge in [-0.1, -0.05) is 6.92 Å². The molecule has 1 amide bonds. The molecule has 0 spiro atoms. The summed E-state index contributed by atoms with van der Waals surface area (Å²) in [7, 11) is 0. The van der Waals surface area contributed by atoms with E-state index < -0.39 is 0 Å². The number of ether oxygens (including phenoxy) is 2. The van der Waals surface area contributed by atoms with Crippen LogP contribution in [0.1, 0.15) is 46.0 Å². The van der Waals surface area contributed by atoms with Crippen molar-refractivity contribution in [2.75, 3.05) is 32.8 Å². The van der Waals surface area contributed by atoms with Crippen LogP contribution in [0.25, 0.3) is 0 Å². The lowest BCUT2D eigenvalue weighted by molar-refractivity contribution is -0.147. The second-order valence-corrected chi connectivity index (χ2v) is 6.12. The molecule has 2 unspecified atom stereocenters. The van der Waals surface area contributed by atoms with E-state index in [2.05, 4.69) is 12.2 Å². The molecule has 2 aliphatic heterocycles. The van der Waals surface area contributed by atoms with Crippen molar-refractivity contribution >= 4 is 18.3 Å². The van der Waals surface area contributed by atoms with Crippen molar-refractivity contribution in [2.45, 2.75) is 64.2 Å². The molecule has 0 saturated carbocycles. The summed E-state index contributed by atoms with van der Waals surface area (Å²) in [4.78, 5) is 14.7. The molecule has 5 nitrogen and oxygen atoms in total. The largest absolute Gasteiger partial charge is 0.376 e. The molecule has 2 rings (SSSR count). The zero-order valence-corrected chi connectivity index (χ0v) is 14.7. The van der Waals surface area contributed by atoms with Crippen LogP contribution < -0.4 is 5.32 Å². The maximum atomic E-state index is 12.7. The molecule has 2 atom stereocenters. The van der Waals surface area contributed by atoms with Crippen LogP contribution >= 0.6 is 12.4 Å². The lowest BCUT2D eigenvalue weighted by Gasteiger charge is -2.36. The van der Waals surface area contributed by atoms with Crippen LogP contribution in [0.4, 0.5) is 0 Å². The van der Waals surface area contributed by atoms with Gasteiger partial charge in [0.15, 0.2) is 0 Å². The molecule has 2 aliphatic rings. The molecule has 6 heteroatoms. The first-order valence-electron chi connectivity index (χ1n) is 8.46. The molecule has 130 valence electrons. The second-order valence-electron chi connectivity index (χ2n) is 6.12. The molecule has 1 N–H and O–H groups in total. The minimum Gasteiger partial charge on any atom is -0.376 e. The molecule has 0 radical (unpaired) electrons. The SMILES string of the molecule is CCCN(C(=O)C(C)OCC1CCCO1)C1CCNCC1.Cl. The van der Waals surface area contributed by atoms with Gasteiger partial charge >= 0.3 is 0 Å². The third kappa shape index (κ3) is 5.69. The number of nitrogens with zero attached hydrogens (tertiary/aromatic N) is 1. The Morgan fingerprint density at radius 2 is 2.09 bits per heavy atom. The van der Waals surface area contributed by atoms with Crippen molar-refractivity contribution in [3.63, 3.8) is 0 Å². The van der Waals surface area contributed by atoms with E-state index in [1.54, 1.807) is 0 Å². The molecular weight excluding hydrogens is 304 g/mol. The van der Waals surface area contributed by atoms with E-state index in [0.717, 1.165) is 58.3 Å². The monoisotopic (exact) mass is 334 g/mol. The number of hydrogen-bond donors (Lipinski definition) is 1. The fourth-order valence-electron chi connectivity index (χ4n) is 3.16. The van der Waals surface area contributed by atoms with Gasteiger partial charge in [-0.3, -0.25) is 4.79 Å². The first-order chi connectivity index (χ1) is 10.2. The third-order valence-corrected chi connectivity index (χ3v) is 4.40. The molecule has 2 saturated heterocycles. The third-order valence-electron chi connectivity index (χ3n) is 4.40. The van der Waals surface area contributed by atoms with Crippen LogP contribution in [0, 0.1) is 0 Å². The molecule has 0 aromatic heterocycles. The van der Waals surface area contributed by atoms with Gasteiger partial charge in [-0.2, -0.15) is 0 Å². The molecule has 0 aromatic rings. The van der Waals surface area contributed by atoms with Gasteiger partial charge in [0.2, 0.25) is 0 Å². The summed E-state index contributed by atoms with van der Waals surface area (Å²) in [5.41, 5.74) is 0. The molecule has 2 heterocycles. The lowest BCUT2D eigenvalue weighted by Crippen LogP contribution is -2.50. The highest BCUT2D eigenvalue weighted by Crippen LogP contribution is 2.16. The van der Waals surface area contributed by atoms with Crippen LogP contribution in [-0.2, 0) is 14.3 Å². The van der Waals surface area contributed by atoms with Crippen molar-refractivity contribution in [1.29, 1.82) is 0 Å². The van der Waals surface area contributed by atoms with Crippen molar-refractivity contribution in [1.82, 2.24) is 10.2 Å². The molecule has 0 bridgehead atoms. The number of hydrogen-bond acceptors (Lipinski definition) is 4. The van der Waals surface area contributed by atoms with E-state index in [1.165, 1.54) is 0 Å². The lowest BCUT2D eigenvalue weighted by atomic mass is 10.0. The van der Waals surface area contributed by atoms with E-state index in [4.69, 9.17) is 9.47 Å². The fourth-order valence-corrected chi connectivity index (χ4v) is 3.16. The number of nitrogens with one attached hydrogen (secondary N) is 1. The zero-order chi connectivity index (χ0) is 15.1. The highest BCUT2D eigenvalue weighted by atomic mass is 35.5. The standard InChI is InChI=1S/C16H30N2O3.ClH/c1-3-10-18(14-6-8-17-9-7-14)16(19)13(2)21-12-15-5-4-11-20-15;/h13-15,17H,3-12H2,1-2H3;1H. The highest BCUT2D eigenvalue weighted by molar-refractivity contribution is 5.85. The Kier molecular flexibility index (Phi) is 9.33. The van der Waals surface area contributed by atoms with Crippen LogP contribution in [0.2, 0.25) is 0 Å². The zero-order valence-electron chi connectivity index (χ0n) is 13.9. The normalized spacial score (nSPS) is 23.8. The number of amides is 1. The quantitative estimate of drug-likeness (QED) is 0.773. The van der Waals surface area contributed by atoms with Gasteiger partial charge in [-0.05, 0) is 52.1 Å². The predicted octanol–water partition coefficient (Wildman–Crippen LogP) is 1.98. The van der Waals surface area contributed by atoms with Gasteiger partial charge in [-0.15, -0.1) is 12.4 Å². The van der Waals surface area contributed by atoms with Crippen molar-refractivity contribution in [3.05, 3.63) is 0 Å². The molecule has 22 heavy (non-hydrogen) atoms. The topological polar surface area (TPSA) is 50.8 Å². The predicted molar refractivity (Wildman–Crippen MR) is 89.5 cm³/mol. The Balaban J connectivity index is 0.00000242. The van der Waals surface area contributed by atoms with Crippen molar-refractivity contribution in [2.24, 2.45) is 0 Å². The molecule has 0 aliphatic carbocycles. The summed E-state index contributed by atoms with van der Waals surface area (Å²) < 4.78 is 11.3. The Morgan fingerprint density at radius 1 is 1.36 bits per heavy atom.